The third kappa shape index (κ3) is 3.15. The Morgan fingerprint density at radius 1 is 1.12 bits per heavy atom. The summed E-state index contributed by atoms with van der Waals surface area (Å²) in [5.74, 6) is 0.626. The van der Waals surface area contributed by atoms with E-state index in [9.17, 15) is 4.79 Å². The molecule has 5 heteroatoms. The number of rotatable bonds is 5. The maximum absolute atomic E-state index is 12.5. The number of amides is 1. The van der Waals surface area contributed by atoms with Gasteiger partial charge in [0.15, 0.2) is 0 Å². The van der Waals surface area contributed by atoms with Gasteiger partial charge in [-0.05, 0) is 42.8 Å². The number of nitrogens with zero attached hydrogens (tertiary/aromatic N) is 1. The molecule has 0 atom stereocenters. The minimum Gasteiger partial charge on any atom is -0.497 e. The maximum Gasteiger partial charge on any atom is 0.255 e. The van der Waals surface area contributed by atoms with Crippen LogP contribution in [0, 0.1) is 0 Å². The first-order valence-corrected chi connectivity index (χ1v) is 7.81. The number of H-pyrrole nitrogens is 1. The molecule has 5 nitrogen and oxygen atoms in total. The number of aromatic amines is 1. The SMILES string of the molecule is CCc1[nH]nc(-c2ccc(OC)cc2)c1NC(=O)c1ccccc1. The highest BCUT2D eigenvalue weighted by Gasteiger charge is 2.17. The molecule has 1 aromatic heterocycles. The van der Waals surface area contributed by atoms with Crippen molar-refractivity contribution in [3.63, 3.8) is 0 Å². The molecule has 0 unspecified atom stereocenters. The number of nitrogens with one attached hydrogen (secondary N) is 2. The maximum atomic E-state index is 12.5. The van der Waals surface area contributed by atoms with Gasteiger partial charge >= 0.3 is 0 Å². The van der Waals surface area contributed by atoms with Crippen LogP contribution in [0.1, 0.15) is 23.0 Å². The normalized spacial score (nSPS) is 10.4. The first-order chi connectivity index (χ1) is 11.7. The summed E-state index contributed by atoms with van der Waals surface area (Å²) in [6.45, 7) is 2.02. The average molecular weight is 321 g/mol. The van der Waals surface area contributed by atoms with Gasteiger partial charge < -0.3 is 10.1 Å². The lowest BCUT2D eigenvalue weighted by Crippen LogP contribution is -2.13. The smallest absolute Gasteiger partial charge is 0.255 e. The summed E-state index contributed by atoms with van der Waals surface area (Å²) in [5, 5.41) is 10.4. The lowest BCUT2D eigenvalue weighted by Gasteiger charge is -2.08. The second-order valence-electron chi connectivity index (χ2n) is 5.33. The molecule has 0 aliphatic rings. The third-order valence-electron chi connectivity index (χ3n) is 3.83. The van der Waals surface area contributed by atoms with E-state index in [1.54, 1.807) is 19.2 Å². The number of carbonyl (C=O) groups excluding carboxylic acids is 1. The van der Waals surface area contributed by atoms with Crippen molar-refractivity contribution in [1.29, 1.82) is 0 Å². The van der Waals surface area contributed by atoms with E-state index in [2.05, 4.69) is 15.5 Å². The number of methoxy groups -OCH3 is 1. The van der Waals surface area contributed by atoms with E-state index in [1.807, 2.05) is 49.4 Å². The van der Waals surface area contributed by atoms with Crippen LogP contribution >= 0.6 is 0 Å². The molecule has 0 radical (unpaired) electrons. The summed E-state index contributed by atoms with van der Waals surface area (Å²) >= 11 is 0. The highest BCUT2D eigenvalue weighted by atomic mass is 16.5. The number of benzene rings is 2. The van der Waals surface area contributed by atoms with Gasteiger partial charge in [-0.15, -0.1) is 0 Å². The van der Waals surface area contributed by atoms with Crippen LogP contribution in [0.3, 0.4) is 0 Å². The van der Waals surface area contributed by atoms with E-state index >= 15 is 0 Å². The monoisotopic (exact) mass is 321 g/mol. The minimum absolute atomic E-state index is 0.151. The molecule has 0 saturated carbocycles. The van der Waals surface area contributed by atoms with E-state index in [0.29, 0.717) is 5.56 Å². The second kappa shape index (κ2) is 7.00. The molecule has 0 aliphatic heterocycles. The Morgan fingerprint density at radius 3 is 2.46 bits per heavy atom. The molecule has 2 N–H and O–H groups in total. The molecule has 0 bridgehead atoms. The summed E-state index contributed by atoms with van der Waals surface area (Å²) < 4.78 is 5.19. The van der Waals surface area contributed by atoms with Crippen molar-refractivity contribution in [2.45, 2.75) is 13.3 Å². The van der Waals surface area contributed by atoms with Crippen LogP contribution in [0.4, 0.5) is 5.69 Å². The molecule has 122 valence electrons. The zero-order chi connectivity index (χ0) is 16.9. The van der Waals surface area contributed by atoms with Crippen molar-refractivity contribution in [2.24, 2.45) is 0 Å². The van der Waals surface area contributed by atoms with Crippen molar-refractivity contribution in [1.82, 2.24) is 10.2 Å². The first-order valence-electron chi connectivity index (χ1n) is 7.81. The zero-order valence-electron chi connectivity index (χ0n) is 13.7. The first kappa shape index (κ1) is 15.8. The molecular formula is C19H19N3O2. The van der Waals surface area contributed by atoms with Crippen LogP contribution in [0.5, 0.6) is 5.75 Å². The van der Waals surface area contributed by atoms with Crippen molar-refractivity contribution in [2.75, 3.05) is 12.4 Å². The topological polar surface area (TPSA) is 67.0 Å². The average Bonchev–Trinajstić information content (AvgIpc) is 3.05. The highest BCUT2D eigenvalue weighted by molar-refractivity contribution is 6.06. The van der Waals surface area contributed by atoms with E-state index in [0.717, 1.165) is 34.8 Å². The Balaban J connectivity index is 1.94. The van der Waals surface area contributed by atoms with Crippen molar-refractivity contribution >= 4 is 11.6 Å². The number of hydrogen-bond acceptors (Lipinski definition) is 3. The van der Waals surface area contributed by atoms with E-state index < -0.39 is 0 Å². The molecule has 1 heterocycles. The van der Waals surface area contributed by atoms with Gasteiger partial charge in [0.25, 0.3) is 5.91 Å². The summed E-state index contributed by atoms with van der Waals surface area (Å²) in [6.07, 6.45) is 0.744. The van der Waals surface area contributed by atoms with Gasteiger partial charge in [0.05, 0.1) is 18.5 Å². The molecular weight excluding hydrogens is 302 g/mol. The minimum atomic E-state index is -0.151. The van der Waals surface area contributed by atoms with Gasteiger partial charge in [0.1, 0.15) is 11.4 Å². The van der Waals surface area contributed by atoms with Crippen LogP contribution < -0.4 is 10.1 Å². The highest BCUT2D eigenvalue weighted by Crippen LogP contribution is 2.30. The predicted molar refractivity (Wildman–Crippen MR) is 94.3 cm³/mol. The van der Waals surface area contributed by atoms with Gasteiger partial charge in [-0.1, -0.05) is 25.1 Å². The fourth-order valence-electron chi connectivity index (χ4n) is 2.50. The van der Waals surface area contributed by atoms with Crippen molar-refractivity contribution in [3.8, 4) is 17.0 Å². The Labute approximate surface area is 140 Å². The Hall–Kier alpha value is -3.08. The number of ether oxygens (including phenoxy) is 1. The molecule has 0 aliphatic carbocycles. The van der Waals surface area contributed by atoms with Gasteiger partial charge in [0, 0.05) is 11.1 Å². The quantitative estimate of drug-likeness (QED) is 0.749. The number of carbonyl (C=O) groups is 1. The van der Waals surface area contributed by atoms with Crippen LogP contribution in [0.15, 0.2) is 54.6 Å². The lowest BCUT2D eigenvalue weighted by atomic mass is 10.1. The molecule has 2 aromatic carbocycles. The molecule has 3 rings (SSSR count). The largest absolute Gasteiger partial charge is 0.497 e. The third-order valence-corrected chi connectivity index (χ3v) is 3.83. The number of hydrogen-bond donors (Lipinski definition) is 2. The summed E-state index contributed by atoms with van der Waals surface area (Å²) in [6, 6.07) is 16.7. The van der Waals surface area contributed by atoms with E-state index in [4.69, 9.17) is 4.74 Å². The van der Waals surface area contributed by atoms with Gasteiger partial charge in [-0.25, -0.2) is 0 Å². The summed E-state index contributed by atoms with van der Waals surface area (Å²) in [7, 11) is 1.63. The molecule has 0 fully saturated rings. The Bertz CT molecular complexity index is 824. The van der Waals surface area contributed by atoms with Crippen LogP contribution in [-0.4, -0.2) is 23.2 Å². The molecule has 3 aromatic rings. The van der Waals surface area contributed by atoms with Crippen molar-refractivity contribution < 1.29 is 9.53 Å². The number of anilines is 1. The van der Waals surface area contributed by atoms with E-state index in [1.165, 1.54) is 0 Å². The summed E-state index contributed by atoms with van der Waals surface area (Å²) in [4.78, 5) is 12.5. The Kier molecular flexibility index (Phi) is 4.61. The van der Waals surface area contributed by atoms with Crippen LogP contribution in [0.25, 0.3) is 11.3 Å². The standard InChI is InChI=1S/C19H19N3O2/c1-3-16-18(20-19(23)14-7-5-4-6-8-14)17(22-21-16)13-9-11-15(24-2)12-10-13/h4-12H,3H2,1-2H3,(H,20,23)(H,21,22). The second-order valence-corrected chi connectivity index (χ2v) is 5.33. The van der Waals surface area contributed by atoms with Gasteiger partial charge in [-0.2, -0.15) is 5.10 Å². The van der Waals surface area contributed by atoms with Gasteiger partial charge in [0.2, 0.25) is 0 Å². The molecule has 24 heavy (non-hydrogen) atoms. The van der Waals surface area contributed by atoms with Crippen LogP contribution in [-0.2, 0) is 6.42 Å². The van der Waals surface area contributed by atoms with E-state index in [-0.39, 0.29) is 5.91 Å². The molecule has 0 spiro atoms. The fourth-order valence-corrected chi connectivity index (χ4v) is 2.50. The van der Waals surface area contributed by atoms with Crippen molar-refractivity contribution in [3.05, 3.63) is 65.9 Å². The summed E-state index contributed by atoms with van der Waals surface area (Å²) in [5.41, 5.74) is 3.86. The zero-order valence-corrected chi connectivity index (χ0v) is 13.7. The van der Waals surface area contributed by atoms with Crippen LogP contribution in [0.2, 0.25) is 0 Å². The fraction of sp³-hybridized carbons (Fsp3) is 0.158. The molecule has 1 amide bonds. The van der Waals surface area contributed by atoms with Gasteiger partial charge in [-0.3, -0.25) is 9.89 Å². The number of aromatic nitrogens is 2. The Morgan fingerprint density at radius 2 is 1.83 bits per heavy atom. The predicted octanol–water partition coefficient (Wildman–Crippen LogP) is 3.90. The molecule has 0 saturated heterocycles. The number of aryl methyl sites for hydroxylation is 1. The lowest BCUT2D eigenvalue weighted by molar-refractivity contribution is 0.102.